The quantitative estimate of drug-likeness (QED) is 0.832. The van der Waals surface area contributed by atoms with E-state index in [0.29, 0.717) is 12.5 Å². The lowest BCUT2D eigenvalue weighted by Crippen LogP contribution is -2.49. The van der Waals surface area contributed by atoms with Crippen molar-refractivity contribution in [2.75, 3.05) is 33.8 Å². The molecule has 1 aromatic carbocycles. The summed E-state index contributed by atoms with van der Waals surface area (Å²) in [5, 5.41) is 0. The summed E-state index contributed by atoms with van der Waals surface area (Å²) in [5.41, 5.74) is 2.68. The van der Waals surface area contributed by atoms with Crippen LogP contribution in [0, 0.1) is 0 Å². The first-order valence-corrected chi connectivity index (χ1v) is 7.16. The number of hydrogen-bond donors (Lipinski definition) is 0. The van der Waals surface area contributed by atoms with Crippen LogP contribution >= 0.6 is 0 Å². The van der Waals surface area contributed by atoms with Crippen LogP contribution in [-0.2, 0) is 4.74 Å². The Labute approximate surface area is 121 Å². The summed E-state index contributed by atoms with van der Waals surface area (Å²) in [6.07, 6.45) is -0.231. The van der Waals surface area contributed by atoms with Gasteiger partial charge in [-0.05, 0) is 24.1 Å². The number of hydrogen-bond acceptors (Lipinski definition) is 3. The molecule has 0 aliphatic carbocycles. The summed E-state index contributed by atoms with van der Waals surface area (Å²) in [7, 11) is 3.56. The van der Waals surface area contributed by atoms with Crippen LogP contribution < -0.4 is 0 Å². The van der Waals surface area contributed by atoms with Gasteiger partial charge < -0.3 is 9.64 Å². The van der Waals surface area contributed by atoms with Crippen LogP contribution in [0.5, 0.6) is 0 Å². The fourth-order valence-corrected chi connectivity index (χ4v) is 2.84. The molecule has 1 amide bonds. The van der Waals surface area contributed by atoms with Gasteiger partial charge in [-0.1, -0.05) is 38.1 Å². The van der Waals surface area contributed by atoms with Gasteiger partial charge in [-0.25, -0.2) is 4.79 Å². The van der Waals surface area contributed by atoms with E-state index in [1.54, 1.807) is 4.90 Å². The largest absolute Gasteiger partial charge is 0.453 e. The first kappa shape index (κ1) is 14.9. The van der Waals surface area contributed by atoms with Crippen molar-refractivity contribution in [2.24, 2.45) is 0 Å². The number of rotatable bonds is 2. The molecule has 1 aromatic rings. The molecule has 0 saturated carbocycles. The summed E-state index contributed by atoms with van der Waals surface area (Å²) in [6.45, 7) is 6.70. The number of nitrogens with zero attached hydrogens (tertiary/aromatic N) is 2. The molecule has 0 aromatic heterocycles. The number of methoxy groups -OCH3 is 1. The Hall–Kier alpha value is -1.55. The first-order valence-electron chi connectivity index (χ1n) is 7.16. The third kappa shape index (κ3) is 2.96. The third-order valence-electron chi connectivity index (χ3n) is 4.06. The van der Waals surface area contributed by atoms with E-state index in [0.717, 1.165) is 13.1 Å². The van der Waals surface area contributed by atoms with Gasteiger partial charge in [0.2, 0.25) is 0 Å². The van der Waals surface area contributed by atoms with Gasteiger partial charge in [0.15, 0.2) is 0 Å². The minimum absolute atomic E-state index is 0.231. The van der Waals surface area contributed by atoms with Gasteiger partial charge in [-0.2, -0.15) is 0 Å². The SMILES string of the molecule is COC(=O)N1CCN(C)C(c2ccccc2C(C)C)C1. The summed E-state index contributed by atoms with van der Waals surface area (Å²) in [4.78, 5) is 15.9. The number of carbonyl (C=O) groups is 1. The Bertz CT molecular complexity index is 473. The average Bonchev–Trinajstić information content (AvgIpc) is 2.47. The van der Waals surface area contributed by atoms with Crippen molar-refractivity contribution >= 4 is 6.09 Å². The van der Waals surface area contributed by atoms with Crippen LogP contribution in [0.25, 0.3) is 0 Å². The van der Waals surface area contributed by atoms with E-state index < -0.39 is 0 Å². The number of ether oxygens (including phenoxy) is 1. The van der Waals surface area contributed by atoms with Gasteiger partial charge in [0.05, 0.1) is 13.2 Å². The fraction of sp³-hybridized carbons (Fsp3) is 0.562. The molecule has 1 aliphatic rings. The minimum Gasteiger partial charge on any atom is -0.453 e. The molecule has 1 atom stereocenters. The van der Waals surface area contributed by atoms with Crippen molar-refractivity contribution in [1.82, 2.24) is 9.80 Å². The highest BCUT2D eigenvalue weighted by Crippen LogP contribution is 2.30. The maximum atomic E-state index is 11.8. The van der Waals surface area contributed by atoms with Crippen LogP contribution in [0.4, 0.5) is 4.79 Å². The van der Waals surface area contributed by atoms with Crippen LogP contribution in [0.3, 0.4) is 0 Å². The second kappa shape index (κ2) is 6.27. The molecular formula is C16H24N2O2. The van der Waals surface area contributed by atoms with Gasteiger partial charge >= 0.3 is 6.09 Å². The van der Waals surface area contributed by atoms with Gasteiger partial charge in [-0.15, -0.1) is 0 Å². The monoisotopic (exact) mass is 276 g/mol. The van der Waals surface area contributed by atoms with E-state index in [1.165, 1.54) is 18.2 Å². The maximum absolute atomic E-state index is 11.8. The summed E-state index contributed by atoms with van der Waals surface area (Å²) in [6, 6.07) is 8.76. The average molecular weight is 276 g/mol. The minimum atomic E-state index is -0.231. The lowest BCUT2D eigenvalue weighted by Gasteiger charge is -2.40. The van der Waals surface area contributed by atoms with Gasteiger partial charge in [0.1, 0.15) is 0 Å². The smallest absolute Gasteiger partial charge is 0.409 e. The highest BCUT2D eigenvalue weighted by atomic mass is 16.5. The number of likely N-dealkylation sites (N-methyl/N-ethyl adjacent to an activating group) is 1. The van der Waals surface area contributed by atoms with E-state index in [-0.39, 0.29) is 12.1 Å². The third-order valence-corrected chi connectivity index (χ3v) is 4.06. The Morgan fingerprint density at radius 1 is 1.30 bits per heavy atom. The molecule has 1 unspecified atom stereocenters. The van der Waals surface area contributed by atoms with Crippen molar-refractivity contribution in [3.05, 3.63) is 35.4 Å². The van der Waals surface area contributed by atoms with Gasteiger partial charge in [0.25, 0.3) is 0 Å². The number of benzene rings is 1. The Kier molecular flexibility index (Phi) is 4.65. The lowest BCUT2D eigenvalue weighted by molar-refractivity contribution is 0.0717. The molecule has 110 valence electrons. The van der Waals surface area contributed by atoms with Crippen LogP contribution in [0.2, 0.25) is 0 Å². The lowest BCUT2D eigenvalue weighted by atomic mass is 9.91. The standard InChI is InChI=1S/C16H24N2O2/c1-12(2)13-7-5-6-8-14(13)15-11-18(16(19)20-4)10-9-17(15)3/h5-8,12,15H,9-11H2,1-4H3. The maximum Gasteiger partial charge on any atom is 0.409 e. The second-order valence-electron chi connectivity index (χ2n) is 5.70. The zero-order chi connectivity index (χ0) is 14.7. The van der Waals surface area contributed by atoms with E-state index in [1.807, 2.05) is 0 Å². The fourth-order valence-electron chi connectivity index (χ4n) is 2.84. The molecule has 0 N–H and O–H groups in total. The molecule has 4 heteroatoms. The molecule has 2 rings (SSSR count). The zero-order valence-electron chi connectivity index (χ0n) is 12.8. The molecule has 1 heterocycles. The van der Waals surface area contributed by atoms with Crippen molar-refractivity contribution in [2.45, 2.75) is 25.8 Å². The molecule has 1 fully saturated rings. The number of carbonyl (C=O) groups excluding carboxylic acids is 1. The second-order valence-corrected chi connectivity index (χ2v) is 5.70. The molecule has 20 heavy (non-hydrogen) atoms. The Balaban J connectivity index is 2.28. The topological polar surface area (TPSA) is 32.8 Å². The molecule has 1 saturated heterocycles. The highest BCUT2D eigenvalue weighted by Gasteiger charge is 2.30. The Morgan fingerprint density at radius 2 is 2.00 bits per heavy atom. The van der Waals surface area contributed by atoms with E-state index in [9.17, 15) is 4.79 Å². The first-order chi connectivity index (χ1) is 9.54. The number of amides is 1. The van der Waals surface area contributed by atoms with Crippen molar-refractivity contribution in [3.8, 4) is 0 Å². The molecule has 0 bridgehead atoms. The molecule has 0 radical (unpaired) electrons. The van der Waals surface area contributed by atoms with E-state index in [4.69, 9.17) is 4.74 Å². The predicted octanol–water partition coefficient (Wildman–Crippen LogP) is 2.86. The molecular weight excluding hydrogens is 252 g/mol. The summed E-state index contributed by atoms with van der Waals surface area (Å²) in [5.74, 6) is 0.480. The molecule has 4 nitrogen and oxygen atoms in total. The summed E-state index contributed by atoms with van der Waals surface area (Å²) < 4.78 is 4.86. The molecule has 0 spiro atoms. The van der Waals surface area contributed by atoms with E-state index >= 15 is 0 Å². The predicted molar refractivity (Wildman–Crippen MR) is 79.9 cm³/mol. The van der Waals surface area contributed by atoms with Crippen LogP contribution in [0.15, 0.2) is 24.3 Å². The number of piperazine rings is 1. The molecule has 1 aliphatic heterocycles. The van der Waals surface area contributed by atoms with Crippen molar-refractivity contribution in [3.63, 3.8) is 0 Å². The highest BCUT2D eigenvalue weighted by molar-refractivity contribution is 5.67. The Morgan fingerprint density at radius 3 is 2.65 bits per heavy atom. The normalized spacial score (nSPS) is 20.2. The van der Waals surface area contributed by atoms with E-state index in [2.05, 4.69) is 50.1 Å². The van der Waals surface area contributed by atoms with Gasteiger partial charge in [0, 0.05) is 19.6 Å². The van der Waals surface area contributed by atoms with Gasteiger partial charge in [-0.3, -0.25) is 4.90 Å². The van der Waals surface area contributed by atoms with Crippen LogP contribution in [-0.4, -0.2) is 49.7 Å². The zero-order valence-corrected chi connectivity index (χ0v) is 12.8. The van der Waals surface area contributed by atoms with Crippen LogP contribution in [0.1, 0.15) is 36.9 Å². The summed E-state index contributed by atoms with van der Waals surface area (Å²) >= 11 is 0. The van der Waals surface area contributed by atoms with Crippen molar-refractivity contribution < 1.29 is 9.53 Å². The van der Waals surface area contributed by atoms with Crippen molar-refractivity contribution in [1.29, 1.82) is 0 Å².